The maximum atomic E-state index is 14.7. The summed E-state index contributed by atoms with van der Waals surface area (Å²) in [6.07, 6.45) is 8.49. The predicted octanol–water partition coefficient (Wildman–Crippen LogP) is 8.67. The molecule has 3 aromatic rings. The van der Waals surface area contributed by atoms with Gasteiger partial charge in [-0.2, -0.15) is 0 Å². The van der Waals surface area contributed by atoms with Gasteiger partial charge in [0.15, 0.2) is 29.1 Å². The molecule has 1 aliphatic heterocycles. The summed E-state index contributed by atoms with van der Waals surface area (Å²) in [6.45, 7) is 5.33. The fourth-order valence-corrected chi connectivity index (χ4v) is 11.4. The van der Waals surface area contributed by atoms with Crippen molar-refractivity contribution in [2.45, 2.75) is 90.0 Å². The number of fused-ring (bicyclic) bond motifs is 9. The molecule has 4 aliphatic carbocycles. The Hall–Kier alpha value is -4.02. The number of azide groups is 1. The molecule has 50 heavy (non-hydrogen) atoms. The zero-order chi connectivity index (χ0) is 35.3. The van der Waals surface area contributed by atoms with Crippen molar-refractivity contribution in [3.8, 4) is 0 Å². The van der Waals surface area contributed by atoms with Crippen molar-refractivity contribution < 1.29 is 31.6 Å². The summed E-state index contributed by atoms with van der Waals surface area (Å²) in [5, 5.41) is 7.11. The van der Waals surface area contributed by atoms with Crippen LogP contribution in [0.4, 0.5) is 23.2 Å². The number of hydrogen-bond donors (Lipinski definition) is 1. The van der Waals surface area contributed by atoms with Gasteiger partial charge in [-0.05, 0) is 110 Å². The highest BCUT2D eigenvalue weighted by molar-refractivity contribution is 5.99. The highest BCUT2D eigenvalue weighted by atomic mass is 19.2. The molecule has 0 amide bonds. The van der Waals surface area contributed by atoms with Gasteiger partial charge in [0.05, 0.1) is 16.7 Å². The Kier molecular flexibility index (Phi) is 7.62. The molecule has 4 saturated carbocycles. The van der Waals surface area contributed by atoms with Crippen molar-refractivity contribution in [1.82, 2.24) is 5.32 Å². The molecule has 7 atom stereocenters. The normalized spacial score (nSPS) is 33.0. The predicted molar refractivity (Wildman–Crippen MR) is 176 cm³/mol. The minimum Gasteiger partial charge on any atom is -0.422 e. The molecule has 2 aromatic carbocycles. The van der Waals surface area contributed by atoms with Gasteiger partial charge in [0.1, 0.15) is 17.1 Å². The first kappa shape index (κ1) is 33.1. The summed E-state index contributed by atoms with van der Waals surface area (Å²) < 4.78 is 64.0. The van der Waals surface area contributed by atoms with E-state index in [1.165, 1.54) is 6.07 Å². The lowest BCUT2D eigenvalue weighted by molar-refractivity contribution is -0.142. The number of rotatable bonds is 4. The third-order valence-corrected chi connectivity index (χ3v) is 13.9. The maximum Gasteiger partial charge on any atom is 0.341 e. The molecule has 1 N–H and O–H groups in total. The monoisotopic (exact) mass is 690 g/mol. The fourth-order valence-electron chi connectivity index (χ4n) is 11.4. The topological polar surface area (TPSA) is 125 Å². The van der Waals surface area contributed by atoms with Gasteiger partial charge in [-0.15, -0.1) is 0 Å². The standard InChI is InChI=1S/C38H38F4N4O4/c1-36-12-13-38(17-19(36)4-6-22-23-7-8-27(48)37(23,2)11-9-24(22)36)29-21(10-14-44-38)20-5-3-18(16-26(20)50-35(29)49)15-25(47)28-30(39)32(41)34(45-46-43)33(42)31(28)40/h3,5,16,19,22-24,44H,4,6-15,17H2,1-2H3/t19-,22-,23-,24-,36-,37-,38+/m0/s1. The second-order valence-corrected chi connectivity index (χ2v) is 15.9. The zero-order valence-electron chi connectivity index (χ0n) is 28.0. The van der Waals surface area contributed by atoms with E-state index in [1.54, 1.807) is 12.1 Å². The van der Waals surface area contributed by atoms with Crippen LogP contribution in [0.1, 0.15) is 98.7 Å². The van der Waals surface area contributed by atoms with Crippen LogP contribution in [-0.4, -0.2) is 18.1 Å². The van der Waals surface area contributed by atoms with Crippen molar-refractivity contribution in [1.29, 1.82) is 0 Å². The van der Waals surface area contributed by atoms with Gasteiger partial charge in [-0.25, -0.2) is 22.4 Å². The lowest BCUT2D eigenvalue weighted by Gasteiger charge is -2.62. The number of hydrogen-bond acceptors (Lipinski definition) is 6. The Morgan fingerprint density at radius 2 is 1.74 bits per heavy atom. The van der Waals surface area contributed by atoms with Crippen LogP contribution in [0.25, 0.3) is 21.4 Å². The molecule has 262 valence electrons. The van der Waals surface area contributed by atoms with Crippen LogP contribution in [0.2, 0.25) is 0 Å². The van der Waals surface area contributed by atoms with E-state index in [2.05, 4.69) is 29.2 Å². The van der Waals surface area contributed by atoms with E-state index in [4.69, 9.17) is 9.95 Å². The minimum atomic E-state index is -1.97. The van der Waals surface area contributed by atoms with Crippen molar-refractivity contribution >= 4 is 28.2 Å². The van der Waals surface area contributed by atoms with E-state index < -0.39 is 57.9 Å². The number of carbonyl (C=O) groups excluding carboxylic acids is 2. The number of halogens is 4. The van der Waals surface area contributed by atoms with Gasteiger partial charge >= 0.3 is 5.63 Å². The minimum absolute atomic E-state index is 0.132. The van der Waals surface area contributed by atoms with E-state index in [9.17, 15) is 31.9 Å². The highest BCUT2D eigenvalue weighted by Gasteiger charge is 2.62. The van der Waals surface area contributed by atoms with Crippen molar-refractivity contribution in [3.63, 3.8) is 0 Å². The number of ketones is 2. The Balaban J connectivity index is 1.08. The Morgan fingerprint density at radius 3 is 2.48 bits per heavy atom. The van der Waals surface area contributed by atoms with Crippen LogP contribution in [-0.2, 0) is 23.2 Å². The van der Waals surface area contributed by atoms with Crippen LogP contribution in [0.15, 0.2) is 32.5 Å². The van der Waals surface area contributed by atoms with Crippen molar-refractivity contribution in [3.05, 3.63) is 84.6 Å². The van der Waals surface area contributed by atoms with Crippen LogP contribution in [0.5, 0.6) is 0 Å². The number of carbonyl (C=O) groups is 2. The average Bonchev–Trinajstić information content (AvgIpc) is 3.40. The molecule has 0 unspecified atom stereocenters. The van der Waals surface area contributed by atoms with Gasteiger partial charge in [0, 0.05) is 35.1 Å². The first-order valence-electron chi connectivity index (χ1n) is 17.6. The second kappa shape index (κ2) is 11.5. The van der Waals surface area contributed by atoms with Gasteiger partial charge in [0.2, 0.25) is 0 Å². The lowest BCUT2D eigenvalue weighted by atomic mass is 9.43. The largest absolute Gasteiger partial charge is 0.422 e. The molecule has 0 bridgehead atoms. The summed E-state index contributed by atoms with van der Waals surface area (Å²) in [5.41, 5.74) is 6.50. The molecule has 1 aromatic heterocycles. The molecule has 1 spiro atoms. The van der Waals surface area contributed by atoms with Crippen LogP contribution >= 0.6 is 0 Å². The fraction of sp³-hybridized carbons (Fsp3) is 0.553. The molecule has 2 heterocycles. The lowest BCUT2D eigenvalue weighted by Crippen LogP contribution is -2.60. The summed E-state index contributed by atoms with van der Waals surface area (Å²) in [5.74, 6) is -6.61. The SMILES string of the molecule is C[C@]12CC[C@]3(C[C@@H]1CC[C@@H]1[C@@H]2CC[C@]2(C)C(=O)CC[C@@H]12)NCCc1c3c(=O)oc2cc(CC(=O)c3c(F)c(F)c(N=[N+]=[N-])c(F)c3F)ccc12. The molecule has 8 rings (SSSR count). The van der Waals surface area contributed by atoms with Crippen molar-refractivity contribution in [2.24, 2.45) is 39.6 Å². The Labute approximate surface area is 285 Å². The quantitative estimate of drug-likeness (QED) is 0.0558. The molecule has 8 nitrogen and oxygen atoms in total. The van der Waals surface area contributed by atoms with Crippen LogP contribution in [0, 0.1) is 57.8 Å². The smallest absolute Gasteiger partial charge is 0.341 e. The van der Waals surface area contributed by atoms with Gasteiger partial charge < -0.3 is 9.73 Å². The van der Waals surface area contributed by atoms with E-state index >= 15 is 0 Å². The number of nitrogens with zero attached hydrogens (tertiary/aromatic N) is 3. The molecule has 5 aliphatic rings. The van der Waals surface area contributed by atoms with E-state index in [0.29, 0.717) is 59.8 Å². The molecule has 0 radical (unpaired) electrons. The first-order valence-corrected chi connectivity index (χ1v) is 17.6. The van der Waals surface area contributed by atoms with Crippen molar-refractivity contribution in [2.75, 3.05) is 6.54 Å². The number of Topliss-reactive ketones (excluding diaryl/α,β-unsaturated/α-hetero) is 2. The third-order valence-electron chi connectivity index (χ3n) is 13.9. The number of nitrogens with one attached hydrogen (secondary N) is 1. The van der Waals surface area contributed by atoms with Gasteiger partial charge in [-0.1, -0.05) is 31.1 Å². The highest BCUT2D eigenvalue weighted by Crippen LogP contribution is 2.67. The third kappa shape index (κ3) is 4.59. The summed E-state index contributed by atoms with van der Waals surface area (Å²) in [4.78, 5) is 41.9. The molecular formula is C38H38F4N4O4. The second-order valence-electron chi connectivity index (χ2n) is 15.9. The summed E-state index contributed by atoms with van der Waals surface area (Å²) >= 11 is 0. The van der Waals surface area contributed by atoms with Gasteiger partial charge in [0.25, 0.3) is 0 Å². The Morgan fingerprint density at radius 1 is 0.980 bits per heavy atom. The van der Waals surface area contributed by atoms with E-state index in [-0.39, 0.29) is 22.0 Å². The molecule has 12 heteroatoms. The maximum absolute atomic E-state index is 14.7. The summed E-state index contributed by atoms with van der Waals surface area (Å²) in [7, 11) is 0. The van der Waals surface area contributed by atoms with Crippen LogP contribution < -0.4 is 10.9 Å². The average molecular weight is 691 g/mol. The number of benzene rings is 2. The molecular weight excluding hydrogens is 652 g/mol. The first-order chi connectivity index (χ1) is 23.8. The molecule has 0 saturated heterocycles. The van der Waals surface area contributed by atoms with Gasteiger partial charge in [-0.3, -0.25) is 9.59 Å². The van der Waals surface area contributed by atoms with Crippen LogP contribution in [0.3, 0.4) is 0 Å². The zero-order valence-corrected chi connectivity index (χ0v) is 28.0. The molecule has 4 fully saturated rings. The van der Waals surface area contributed by atoms with E-state index in [1.807, 2.05) is 0 Å². The summed E-state index contributed by atoms with van der Waals surface area (Å²) in [6, 6.07) is 4.75. The van der Waals surface area contributed by atoms with E-state index in [0.717, 1.165) is 56.9 Å². The Bertz CT molecular complexity index is 2080.